The summed E-state index contributed by atoms with van der Waals surface area (Å²) in [7, 11) is 0. The molecule has 0 aliphatic heterocycles. The monoisotopic (exact) mass is 277 g/mol. The number of rotatable bonds is 9. The summed E-state index contributed by atoms with van der Waals surface area (Å²) in [4.78, 5) is 11.8. The van der Waals surface area contributed by atoms with Crippen molar-refractivity contribution in [2.45, 2.75) is 20.3 Å². The van der Waals surface area contributed by atoms with E-state index in [2.05, 4.69) is 18.8 Å². The number of ether oxygens (including phenoxy) is 2. The lowest BCUT2D eigenvalue weighted by atomic mass is 10.2. The summed E-state index contributed by atoms with van der Waals surface area (Å²) in [5.74, 6) is 0.680. The fraction of sp³-hybridized carbons (Fsp3) is 0.438. The molecule has 1 aromatic carbocycles. The fourth-order valence-corrected chi connectivity index (χ4v) is 1.51. The van der Waals surface area contributed by atoms with Crippen LogP contribution in [0.25, 0.3) is 0 Å². The molecule has 110 valence electrons. The van der Waals surface area contributed by atoms with Gasteiger partial charge in [-0.15, -0.1) is 0 Å². The Morgan fingerprint density at radius 1 is 1.25 bits per heavy atom. The minimum absolute atomic E-state index is 0.106. The molecule has 0 aliphatic rings. The molecule has 1 aromatic rings. The third kappa shape index (κ3) is 6.38. The van der Waals surface area contributed by atoms with E-state index in [1.807, 2.05) is 19.1 Å². The summed E-state index contributed by atoms with van der Waals surface area (Å²) >= 11 is 0. The molecule has 0 spiro atoms. The highest BCUT2D eigenvalue weighted by Crippen LogP contribution is 2.12. The normalized spacial score (nSPS) is 10.1. The standard InChI is InChI=1S/C16H23NO3/c1-4-10-20-15-7-5-14(6-8-15)16(18)17-9-11-19-12-13(2)3/h5-8H,2,4,9-12H2,1,3H3,(H,17,18). The van der Waals surface area contributed by atoms with E-state index in [1.54, 1.807) is 12.1 Å². The first kappa shape index (κ1) is 16.2. The van der Waals surface area contributed by atoms with Crippen LogP contribution in [0.4, 0.5) is 0 Å². The Morgan fingerprint density at radius 3 is 2.55 bits per heavy atom. The quantitative estimate of drug-likeness (QED) is 0.558. The predicted octanol–water partition coefficient (Wildman–Crippen LogP) is 2.80. The van der Waals surface area contributed by atoms with Gasteiger partial charge in [-0.1, -0.05) is 19.1 Å². The highest BCUT2D eigenvalue weighted by atomic mass is 16.5. The second kappa shape index (κ2) is 9.15. The van der Waals surface area contributed by atoms with Gasteiger partial charge in [0.2, 0.25) is 0 Å². The number of carbonyl (C=O) groups is 1. The molecule has 0 saturated carbocycles. The molecule has 0 bridgehead atoms. The Kier molecular flexibility index (Phi) is 7.43. The minimum Gasteiger partial charge on any atom is -0.494 e. The van der Waals surface area contributed by atoms with Gasteiger partial charge >= 0.3 is 0 Å². The van der Waals surface area contributed by atoms with Gasteiger partial charge in [0.15, 0.2) is 0 Å². The number of nitrogens with one attached hydrogen (secondary N) is 1. The molecule has 4 heteroatoms. The first-order valence-corrected chi connectivity index (χ1v) is 6.86. The number of hydrogen-bond acceptors (Lipinski definition) is 3. The van der Waals surface area contributed by atoms with E-state index < -0.39 is 0 Å². The summed E-state index contributed by atoms with van der Waals surface area (Å²) < 4.78 is 10.8. The molecule has 1 N–H and O–H groups in total. The molecule has 4 nitrogen and oxygen atoms in total. The molecule has 20 heavy (non-hydrogen) atoms. The largest absolute Gasteiger partial charge is 0.494 e. The Morgan fingerprint density at radius 2 is 1.95 bits per heavy atom. The average Bonchev–Trinajstić information content (AvgIpc) is 2.44. The lowest BCUT2D eigenvalue weighted by Crippen LogP contribution is -2.27. The van der Waals surface area contributed by atoms with Gasteiger partial charge in [-0.2, -0.15) is 0 Å². The summed E-state index contributed by atoms with van der Waals surface area (Å²) in [6, 6.07) is 7.13. The zero-order valence-corrected chi connectivity index (χ0v) is 12.3. The highest BCUT2D eigenvalue weighted by Gasteiger charge is 2.04. The maximum absolute atomic E-state index is 11.8. The van der Waals surface area contributed by atoms with Gasteiger partial charge in [-0.3, -0.25) is 4.79 Å². The van der Waals surface area contributed by atoms with Crippen LogP contribution < -0.4 is 10.1 Å². The van der Waals surface area contributed by atoms with Crippen molar-refractivity contribution in [1.29, 1.82) is 0 Å². The van der Waals surface area contributed by atoms with Gasteiger partial charge in [-0.05, 0) is 37.6 Å². The topological polar surface area (TPSA) is 47.6 Å². The lowest BCUT2D eigenvalue weighted by Gasteiger charge is -2.08. The van der Waals surface area contributed by atoms with Gasteiger partial charge in [0, 0.05) is 12.1 Å². The van der Waals surface area contributed by atoms with Gasteiger partial charge in [0.05, 0.1) is 19.8 Å². The summed E-state index contributed by atoms with van der Waals surface area (Å²) in [5, 5.41) is 2.80. The van der Waals surface area contributed by atoms with E-state index in [0.29, 0.717) is 31.9 Å². The van der Waals surface area contributed by atoms with Crippen molar-refractivity contribution in [2.75, 3.05) is 26.4 Å². The maximum Gasteiger partial charge on any atom is 0.251 e. The van der Waals surface area contributed by atoms with Crippen LogP contribution in [-0.4, -0.2) is 32.3 Å². The second-order valence-corrected chi connectivity index (χ2v) is 4.64. The van der Waals surface area contributed by atoms with Gasteiger partial charge in [-0.25, -0.2) is 0 Å². The van der Waals surface area contributed by atoms with Crippen LogP contribution >= 0.6 is 0 Å². The van der Waals surface area contributed by atoms with Crippen molar-refractivity contribution in [2.24, 2.45) is 0 Å². The zero-order valence-electron chi connectivity index (χ0n) is 12.3. The first-order chi connectivity index (χ1) is 9.63. The smallest absolute Gasteiger partial charge is 0.251 e. The van der Waals surface area contributed by atoms with Crippen molar-refractivity contribution in [3.05, 3.63) is 42.0 Å². The molecule has 0 fully saturated rings. The third-order valence-corrected chi connectivity index (χ3v) is 2.47. The highest BCUT2D eigenvalue weighted by molar-refractivity contribution is 5.94. The molecule has 0 atom stereocenters. The van der Waals surface area contributed by atoms with Crippen LogP contribution in [0, 0.1) is 0 Å². The minimum atomic E-state index is -0.106. The van der Waals surface area contributed by atoms with Crippen LogP contribution in [0.3, 0.4) is 0 Å². The van der Waals surface area contributed by atoms with Crippen LogP contribution in [0.15, 0.2) is 36.4 Å². The van der Waals surface area contributed by atoms with Gasteiger partial charge in [0.1, 0.15) is 5.75 Å². The Balaban J connectivity index is 2.30. The molecule has 0 saturated heterocycles. The van der Waals surface area contributed by atoms with E-state index in [-0.39, 0.29) is 5.91 Å². The molecule has 0 heterocycles. The summed E-state index contributed by atoms with van der Waals surface area (Å²) in [5.41, 5.74) is 1.59. The van der Waals surface area contributed by atoms with Crippen molar-refractivity contribution in [1.82, 2.24) is 5.32 Å². The van der Waals surface area contributed by atoms with Crippen molar-refractivity contribution < 1.29 is 14.3 Å². The predicted molar refractivity (Wildman–Crippen MR) is 80.2 cm³/mol. The molecule has 1 amide bonds. The van der Waals surface area contributed by atoms with Crippen molar-refractivity contribution in [3.8, 4) is 5.75 Å². The molecular weight excluding hydrogens is 254 g/mol. The molecule has 0 aromatic heterocycles. The molecule has 0 unspecified atom stereocenters. The third-order valence-electron chi connectivity index (χ3n) is 2.47. The zero-order chi connectivity index (χ0) is 14.8. The van der Waals surface area contributed by atoms with Crippen LogP contribution in [-0.2, 0) is 4.74 Å². The first-order valence-electron chi connectivity index (χ1n) is 6.86. The Hall–Kier alpha value is -1.81. The van der Waals surface area contributed by atoms with Crippen molar-refractivity contribution in [3.63, 3.8) is 0 Å². The number of amides is 1. The molecule has 1 rings (SSSR count). The number of benzene rings is 1. The summed E-state index contributed by atoms with van der Waals surface area (Å²) in [6.45, 7) is 9.88. The van der Waals surface area contributed by atoms with Crippen LogP contribution in [0.2, 0.25) is 0 Å². The molecule has 0 aliphatic carbocycles. The SMILES string of the molecule is C=C(C)COCCNC(=O)c1ccc(OCCC)cc1. The maximum atomic E-state index is 11.8. The molecular formula is C16H23NO3. The van der Waals surface area contributed by atoms with Crippen molar-refractivity contribution >= 4 is 5.91 Å². The number of hydrogen-bond donors (Lipinski definition) is 1. The van der Waals surface area contributed by atoms with E-state index in [9.17, 15) is 4.79 Å². The molecule has 0 radical (unpaired) electrons. The van der Waals surface area contributed by atoms with Gasteiger partial charge in [0.25, 0.3) is 5.91 Å². The number of carbonyl (C=O) groups excluding carboxylic acids is 1. The van der Waals surface area contributed by atoms with E-state index >= 15 is 0 Å². The Bertz CT molecular complexity index is 426. The van der Waals surface area contributed by atoms with Gasteiger partial charge < -0.3 is 14.8 Å². The lowest BCUT2D eigenvalue weighted by molar-refractivity contribution is 0.0927. The average molecular weight is 277 g/mol. The summed E-state index contributed by atoms with van der Waals surface area (Å²) in [6.07, 6.45) is 0.965. The fourth-order valence-electron chi connectivity index (χ4n) is 1.51. The van der Waals surface area contributed by atoms with E-state index in [1.165, 1.54) is 0 Å². The van der Waals surface area contributed by atoms with Crippen LogP contribution in [0.5, 0.6) is 5.75 Å². The van der Waals surface area contributed by atoms with E-state index in [0.717, 1.165) is 17.7 Å². The second-order valence-electron chi connectivity index (χ2n) is 4.64. The Labute approximate surface area is 120 Å². The van der Waals surface area contributed by atoms with E-state index in [4.69, 9.17) is 9.47 Å². The van der Waals surface area contributed by atoms with Crippen LogP contribution in [0.1, 0.15) is 30.6 Å².